The first-order chi connectivity index (χ1) is 10.2. The number of pyridine rings is 1. The number of hydrogen-bond donors (Lipinski definition) is 2. The summed E-state index contributed by atoms with van der Waals surface area (Å²) in [6.45, 7) is 3.86. The maximum absolute atomic E-state index is 12.4. The van der Waals surface area contributed by atoms with Gasteiger partial charge in [0.1, 0.15) is 5.69 Å². The van der Waals surface area contributed by atoms with Crippen LogP contribution in [0.3, 0.4) is 0 Å². The van der Waals surface area contributed by atoms with E-state index in [2.05, 4.69) is 15.5 Å². The number of aryl methyl sites for hydroxylation is 1. The lowest BCUT2D eigenvalue weighted by molar-refractivity contribution is 0.0857. The standard InChI is InChI=1S/C14H18N4O3/c1-2-18-7-10(12-11(8-18)14(20)17-16-12)13(19)15-6-9-4-3-5-21-9/h7-9H,2-6H2,1H3,(H,15,19)(H,17,20). The van der Waals surface area contributed by atoms with Crippen LogP contribution in [0.15, 0.2) is 17.2 Å². The highest BCUT2D eigenvalue weighted by Gasteiger charge is 2.22. The van der Waals surface area contributed by atoms with Gasteiger partial charge in [0.05, 0.1) is 17.2 Å². The van der Waals surface area contributed by atoms with Gasteiger partial charge in [-0.1, -0.05) is 0 Å². The van der Waals surface area contributed by atoms with E-state index in [0.29, 0.717) is 29.9 Å². The third-order valence-electron chi connectivity index (χ3n) is 3.74. The zero-order valence-corrected chi connectivity index (χ0v) is 11.9. The number of amides is 1. The van der Waals surface area contributed by atoms with Gasteiger partial charge in [-0.05, 0) is 19.8 Å². The molecule has 0 spiro atoms. The molecule has 1 unspecified atom stereocenters. The van der Waals surface area contributed by atoms with Gasteiger partial charge in [-0.2, -0.15) is 5.10 Å². The minimum atomic E-state index is -0.277. The average Bonchev–Trinajstić information content (AvgIpc) is 3.14. The summed E-state index contributed by atoms with van der Waals surface area (Å²) < 4.78 is 7.29. The Balaban J connectivity index is 1.84. The van der Waals surface area contributed by atoms with Crippen molar-refractivity contribution < 1.29 is 9.53 Å². The van der Waals surface area contributed by atoms with Crippen LogP contribution in [0.4, 0.5) is 0 Å². The highest BCUT2D eigenvalue weighted by atomic mass is 16.5. The van der Waals surface area contributed by atoms with E-state index in [1.165, 1.54) is 0 Å². The second-order valence-electron chi connectivity index (χ2n) is 5.16. The number of ether oxygens (including phenoxy) is 1. The quantitative estimate of drug-likeness (QED) is 0.863. The number of aromatic nitrogens is 3. The minimum absolute atomic E-state index is 0.0840. The molecule has 21 heavy (non-hydrogen) atoms. The van der Waals surface area contributed by atoms with E-state index in [0.717, 1.165) is 19.4 Å². The summed E-state index contributed by atoms with van der Waals surface area (Å²) in [5.74, 6) is -0.232. The molecule has 0 aliphatic carbocycles. The lowest BCUT2D eigenvalue weighted by Gasteiger charge is -2.13. The Morgan fingerprint density at radius 2 is 2.43 bits per heavy atom. The molecule has 0 saturated carbocycles. The van der Waals surface area contributed by atoms with Crippen molar-refractivity contribution in [1.29, 1.82) is 0 Å². The molecule has 1 saturated heterocycles. The lowest BCUT2D eigenvalue weighted by Crippen LogP contribution is -2.32. The van der Waals surface area contributed by atoms with Crippen molar-refractivity contribution in [3.05, 3.63) is 28.3 Å². The summed E-state index contributed by atoms with van der Waals surface area (Å²) in [5, 5.41) is 9.21. The SMILES string of the molecule is CCn1cc(C(=O)NCC2CCCO2)c2n[nH]c(=O)c-2c1. The Morgan fingerprint density at radius 3 is 3.14 bits per heavy atom. The van der Waals surface area contributed by atoms with Crippen LogP contribution in [-0.4, -0.2) is 39.9 Å². The molecule has 2 N–H and O–H groups in total. The molecule has 7 heteroatoms. The molecule has 0 bridgehead atoms. The molecule has 1 amide bonds. The first-order valence-corrected chi connectivity index (χ1v) is 7.17. The number of carbonyl (C=O) groups excluding carboxylic acids is 1. The largest absolute Gasteiger partial charge is 0.376 e. The molecule has 112 valence electrons. The van der Waals surface area contributed by atoms with Crippen LogP contribution < -0.4 is 10.9 Å². The summed E-state index contributed by atoms with van der Waals surface area (Å²) in [5.41, 5.74) is 0.975. The van der Waals surface area contributed by atoms with Crippen LogP contribution in [0, 0.1) is 0 Å². The van der Waals surface area contributed by atoms with Gasteiger partial charge in [-0.3, -0.25) is 9.59 Å². The van der Waals surface area contributed by atoms with Gasteiger partial charge < -0.3 is 14.6 Å². The fraction of sp³-hybridized carbons (Fsp3) is 0.500. The molecule has 1 atom stereocenters. The predicted molar refractivity (Wildman–Crippen MR) is 76.5 cm³/mol. The Kier molecular flexibility index (Phi) is 3.74. The minimum Gasteiger partial charge on any atom is -0.376 e. The summed E-state index contributed by atoms with van der Waals surface area (Å²) >= 11 is 0. The maximum Gasteiger partial charge on any atom is 0.275 e. The topological polar surface area (TPSA) is 89.0 Å². The van der Waals surface area contributed by atoms with Crippen molar-refractivity contribution in [3.63, 3.8) is 0 Å². The summed E-state index contributed by atoms with van der Waals surface area (Å²) in [6, 6.07) is 0. The first kappa shape index (κ1) is 13.8. The van der Waals surface area contributed by atoms with Crippen molar-refractivity contribution in [1.82, 2.24) is 20.1 Å². The third kappa shape index (κ3) is 2.69. The maximum atomic E-state index is 12.4. The Labute approximate surface area is 121 Å². The van der Waals surface area contributed by atoms with Gasteiger partial charge in [-0.15, -0.1) is 0 Å². The van der Waals surface area contributed by atoms with Gasteiger partial charge in [0.25, 0.3) is 11.5 Å². The third-order valence-corrected chi connectivity index (χ3v) is 3.74. The van der Waals surface area contributed by atoms with Crippen LogP contribution in [0.5, 0.6) is 0 Å². The van der Waals surface area contributed by atoms with E-state index in [-0.39, 0.29) is 17.6 Å². The van der Waals surface area contributed by atoms with Crippen molar-refractivity contribution in [2.75, 3.05) is 13.2 Å². The average molecular weight is 290 g/mol. The number of carbonyl (C=O) groups is 1. The first-order valence-electron chi connectivity index (χ1n) is 7.17. The van der Waals surface area contributed by atoms with Crippen LogP contribution in [0.2, 0.25) is 0 Å². The number of rotatable bonds is 4. The van der Waals surface area contributed by atoms with Crippen molar-refractivity contribution >= 4 is 5.91 Å². The van der Waals surface area contributed by atoms with Crippen LogP contribution >= 0.6 is 0 Å². The molecular formula is C14H18N4O3. The number of nitrogens with zero attached hydrogens (tertiary/aromatic N) is 2. The van der Waals surface area contributed by atoms with Crippen molar-refractivity contribution in [3.8, 4) is 11.3 Å². The van der Waals surface area contributed by atoms with Crippen LogP contribution in [-0.2, 0) is 11.3 Å². The molecule has 3 heterocycles. The molecule has 1 fully saturated rings. The Hall–Kier alpha value is -2.15. The van der Waals surface area contributed by atoms with Gasteiger partial charge in [0.15, 0.2) is 0 Å². The summed E-state index contributed by atoms with van der Waals surface area (Å²) in [6.07, 6.45) is 5.50. The molecule has 0 radical (unpaired) electrons. The second kappa shape index (κ2) is 5.69. The number of aromatic amines is 1. The number of nitrogens with one attached hydrogen (secondary N) is 2. The number of hydrogen-bond acceptors (Lipinski definition) is 4. The van der Waals surface area contributed by atoms with Crippen LogP contribution in [0.25, 0.3) is 11.3 Å². The smallest absolute Gasteiger partial charge is 0.275 e. The Bertz CT molecular complexity index is 669. The van der Waals surface area contributed by atoms with E-state index in [9.17, 15) is 9.59 Å². The van der Waals surface area contributed by atoms with E-state index >= 15 is 0 Å². The Morgan fingerprint density at radius 1 is 1.57 bits per heavy atom. The molecule has 3 aliphatic heterocycles. The van der Waals surface area contributed by atoms with Crippen molar-refractivity contribution in [2.45, 2.75) is 32.4 Å². The van der Waals surface area contributed by atoms with E-state index in [1.54, 1.807) is 17.0 Å². The fourth-order valence-electron chi connectivity index (χ4n) is 2.55. The molecule has 7 nitrogen and oxygen atoms in total. The highest BCUT2D eigenvalue weighted by molar-refractivity contribution is 5.99. The molecule has 0 aromatic heterocycles. The predicted octanol–water partition coefficient (Wildman–Crippen LogP) is 0.605. The van der Waals surface area contributed by atoms with E-state index in [1.807, 2.05) is 6.92 Å². The summed E-state index contributed by atoms with van der Waals surface area (Å²) in [7, 11) is 0. The zero-order chi connectivity index (χ0) is 14.8. The number of fused-ring (bicyclic) bond motifs is 1. The molecule has 3 aliphatic rings. The second-order valence-corrected chi connectivity index (χ2v) is 5.16. The molecule has 0 aromatic carbocycles. The molecular weight excluding hydrogens is 272 g/mol. The normalized spacial score (nSPS) is 18.2. The lowest BCUT2D eigenvalue weighted by atomic mass is 10.1. The molecule has 0 aromatic rings. The fourth-order valence-corrected chi connectivity index (χ4v) is 2.55. The molecule has 3 rings (SSSR count). The van der Waals surface area contributed by atoms with Gasteiger partial charge >= 0.3 is 0 Å². The van der Waals surface area contributed by atoms with Crippen molar-refractivity contribution in [2.24, 2.45) is 0 Å². The van der Waals surface area contributed by atoms with E-state index in [4.69, 9.17) is 4.74 Å². The van der Waals surface area contributed by atoms with Gasteiger partial charge in [-0.25, -0.2) is 5.10 Å². The number of H-pyrrole nitrogens is 1. The summed E-state index contributed by atoms with van der Waals surface area (Å²) in [4.78, 5) is 24.1. The zero-order valence-electron chi connectivity index (χ0n) is 11.9. The van der Waals surface area contributed by atoms with Gasteiger partial charge in [0.2, 0.25) is 0 Å². The van der Waals surface area contributed by atoms with Gasteiger partial charge in [0, 0.05) is 32.1 Å². The van der Waals surface area contributed by atoms with Crippen LogP contribution in [0.1, 0.15) is 30.1 Å². The van der Waals surface area contributed by atoms with E-state index < -0.39 is 0 Å². The highest BCUT2D eigenvalue weighted by Crippen LogP contribution is 2.20. The monoisotopic (exact) mass is 290 g/mol.